The smallest absolute Gasteiger partial charge is 0.341 e. The maximum absolute atomic E-state index is 12.6. The molecule has 7 nitrogen and oxygen atoms in total. The molecular weight excluding hydrogens is 382 g/mol. The molecule has 0 bridgehead atoms. The van der Waals surface area contributed by atoms with E-state index in [2.05, 4.69) is 16.4 Å². The molecule has 0 amide bonds. The Kier molecular flexibility index (Phi) is 5.40. The number of ether oxygens (including phenoxy) is 3. The van der Waals surface area contributed by atoms with Crippen molar-refractivity contribution < 1.29 is 19.0 Å². The van der Waals surface area contributed by atoms with E-state index in [4.69, 9.17) is 14.2 Å². The van der Waals surface area contributed by atoms with Gasteiger partial charge >= 0.3 is 5.97 Å². The van der Waals surface area contributed by atoms with Crippen molar-refractivity contribution in [1.29, 1.82) is 5.26 Å². The van der Waals surface area contributed by atoms with Gasteiger partial charge in [-0.05, 0) is 48.7 Å². The summed E-state index contributed by atoms with van der Waals surface area (Å²) < 4.78 is 16.0. The zero-order valence-electron chi connectivity index (χ0n) is 16.8. The normalized spacial score (nSPS) is 11.9. The van der Waals surface area contributed by atoms with E-state index in [1.807, 2.05) is 31.2 Å². The van der Waals surface area contributed by atoms with Crippen LogP contribution in [0.15, 0.2) is 36.5 Å². The standard InChI is InChI=1S/C23H21N3O4/c1-3-16-7-15(10-24)8-17-21(16)26-12-18(23(27)28-4-2)22(17)25-11-14-5-6-19-20(9-14)30-13-29-19/h5-9,12H,3-4,11,13H2,1-2H3,(H,25,26). The number of aryl methyl sites for hydroxylation is 1. The summed E-state index contributed by atoms with van der Waals surface area (Å²) in [5.74, 6) is 0.951. The molecule has 1 aliphatic rings. The average Bonchev–Trinajstić information content (AvgIpc) is 3.24. The van der Waals surface area contributed by atoms with E-state index in [0.29, 0.717) is 34.9 Å². The van der Waals surface area contributed by atoms with E-state index < -0.39 is 5.97 Å². The predicted molar refractivity (Wildman–Crippen MR) is 112 cm³/mol. The lowest BCUT2D eigenvalue weighted by Crippen LogP contribution is -2.11. The van der Waals surface area contributed by atoms with Crippen molar-refractivity contribution in [2.45, 2.75) is 26.8 Å². The third-order valence-electron chi connectivity index (χ3n) is 4.96. The number of carbonyl (C=O) groups is 1. The molecule has 30 heavy (non-hydrogen) atoms. The zero-order valence-corrected chi connectivity index (χ0v) is 16.8. The molecule has 0 unspecified atom stereocenters. The van der Waals surface area contributed by atoms with E-state index in [1.54, 1.807) is 13.0 Å². The van der Waals surface area contributed by atoms with Gasteiger partial charge in [0.15, 0.2) is 11.5 Å². The van der Waals surface area contributed by atoms with Crippen LogP contribution in [0.3, 0.4) is 0 Å². The molecular formula is C23H21N3O4. The number of esters is 1. The van der Waals surface area contributed by atoms with Crippen molar-refractivity contribution in [3.05, 3.63) is 58.8 Å². The highest BCUT2D eigenvalue weighted by molar-refractivity contribution is 6.06. The third-order valence-corrected chi connectivity index (χ3v) is 4.96. The van der Waals surface area contributed by atoms with Gasteiger partial charge in [0.05, 0.1) is 29.4 Å². The molecule has 0 fully saturated rings. The minimum absolute atomic E-state index is 0.213. The Balaban J connectivity index is 1.79. The number of benzene rings is 2. The van der Waals surface area contributed by atoms with E-state index in [9.17, 15) is 10.1 Å². The highest BCUT2D eigenvalue weighted by atomic mass is 16.7. The molecule has 152 valence electrons. The van der Waals surface area contributed by atoms with Gasteiger partial charge in [-0.1, -0.05) is 13.0 Å². The van der Waals surface area contributed by atoms with Crippen molar-refractivity contribution in [1.82, 2.24) is 4.98 Å². The summed E-state index contributed by atoms with van der Waals surface area (Å²) in [6, 6.07) is 11.5. The Labute approximate surface area is 174 Å². The number of carbonyl (C=O) groups excluding carboxylic acids is 1. The summed E-state index contributed by atoms with van der Waals surface area (Å²) >= 11 is 0. The van der Waals surface area contributed by atoms with Gasteiger partial charge in [0.25, 0.3) is 0 Å². The van der Waals surface area contributed by atoms with Crippen LogP contribution in [0.2, 0.25) is 0 Å². The molecule has 1 N–H and O–H groups in total. The number of pyridine rings is 1. The lowest BCUT2D eigenvalue weighted by Gasteiger charge is -2.16. The Morgan fingerprint density at radius 2 is 2.07 bits per heavy atom. The van der Waals surface area contributed by atoms with Crippen LogP contribution < -0.4 is 14.8 Å². The summed E-state index contributed by atoms with van der Waals surface area (Å²) in [6.07, 6.45) is 2.26. The molecule has 0 spiro atoms. The number of fused-ring (bicyclic) bond motifs is 2. The topological polar surface area (TPSA) is 93.5 Å². The van der Waals surface area contributed by atoms with Crippen LogP contribution in [0.25, 0.3) is 10.9 Å². The third kappa shape index (κ3) is 3.60. The Hall–Kier alpha value is -3.79. The molecule has 0 saturated carbocycles. The minimum Gasteiger partial charge on any atom is -0.462 e. The molecule has 4 rings (SSSR count). The van der Waals surface area contributed by atoms with Gasteiger partial charge in [0.1, 0.15) is 5.56 Å². The van der Waals surface area contributed by atoms with Crippen molar-refractivity contribution in [3.63, 3.8) is 0 Å². The minimum atomic E-state index is -0.458. The maximum atomic E-state index is 12.6. The second kappa shape index (κ2) is 8.29. The van der Waals surface area contributed by atoms with Crippen LogP contribution in [0.5, 0.6) is 11.5 Å². The lowest BCUT2D eigenvalue weighted by molar-refractivity contribution is 0.0527. The van der Waals surface area contributed by atoms with Crippen LogP contribution in [0.4, 0.5) is 5.69 Å². The fraction of sp³-hybridized carbons (Fsp3) is 0.261. The van der Waals surface area contributed by atoms with Crippen LogP contribution in [0.1, 0.15) is 40.9 Å². The molecule has 0 atom stereocenters. The number of hydrogen-bond acceptors (Lipinski definition) is 7. The second-order valence-electron chi connectivity index (χ2n) is 6.81. The largest absolute Gasteiger partial charge is 0.462 e. The summed E-state index contributed by atoms with van der Waals surface area (Å²) in [5.41, 5.74) is 4.13. The first-order valence-corrected chi connectivity index (χ1v) is 9.79. The average molecular weight is 403 g/mol. The van der Waals surface area contributed by atoms with Gasteiger partial charge in [-0.2, -0.15) is 5.26 Å². The first-order chi connectivity index (χ1) is 14.6. The van der Waals surface area contributed by atoms with E-state index >= 15 is 0 Å². The van der Waals surface area contributed by atoms with Gasteiger partial charge in [-0.3, -0.25) is 4.98 Å². The number of aromatic nitrogens is 1. The number of anilines is 1. The van der Waals surface area contributed by atoms with Crippen molar-refractivity contribution in [3.8, 4) is 17.6 Å². The number of hydrogen-bond donors (Lipinski definition) is 1. The van der Waals surface area contributed by atoms with Crippen molar-refractivity contribution in [2.24, 2.45) is 0 Å². The van der Waals surface area contributed by atoms with E-state index in [0.717, 1.165) is 28.5 Å². The Morgan fingerprint density at radius 3 is 2.83 bits per heavy atom. The maximum Gasteiger partial charge on any atom is 0.341 e. The fourth-order valence-corrected chi connectivity index (χ4v) is 3.51. The van der Waals surface area contributed by atoms with E-state index in [-0.39, 0.29) is 13.4 Å². The quantitative estimate of drug-likeness (QED) is 0.617. The SMILES string of the molecule is CCOC(=O)c1cnc2c(CC)cc(C#N)cc2c1NCc1ccc2c(c1)OCO2. The van der Waals surface area contributed by atoms with Crippen LogP contribution in [-0.4, -0.2) is 24.4 Å². The van der Waals surface area contributed by atoms with Crippen molar-refractivity contribution >= 4 is 22.6 Å². The number of nitrogens with zero attached hydrogens (tertiary/aromatic N) is 2. The van der Waals surface area contributed by atoms with Crippen LogP contribution >= 0.6 is 0 Å². The summed E-state index contributed by atoms with van der Waals surface area (Å²) in [7, 11) is 0. The van der Waals surface area contributed by atoms with Gasteiger partial charge in [-0.25, -0.2) is 4.79 Å². The zero-order chi connectivity index (χ0) is 21.1. The molecule has 2 heterocycles. The van der Waals surface area contributed by atoms with Crippen LogP contribution in [-0.2, 0) is 17.7 Å². The van der Waals surface area contributed by atoms with Gasteiger partial charge < -0.3 is 19.5 Å². The fourth-order valence-electron chi connectivity index (χ4n) is 3.51. The monoisotopic (exact) mass is 403 g/mol. The first kappa shape index (κ1) is 19.5. The molecule has 0 radical (unpaired) electrons. The Bertz CT molecular complexity index is 1170. The number of nitriles is 1. The second-order valence-corrected chi connectivity index (χ2v) is 6.81. The predicted octanol–water partition coefficient (Wildman–Crippen LogP) is 4.19. The van der Waals surface area contributed by atoms with E-state index in [1.165, 1.54) is 6.20 Å². The van der Waals surface area contributed by atoms with Crippen LogP contribution in [0, 0.1) is 11.3 Å². The molecule has 1 aliphatic heterocycles. The number of nitrogens with one attached hydrogen (secondary N) is 1. The molecule has 3 aromatic rings. The molecule has 0 saturated heterocycles. The first-order valence-electron chi connectivity index (χ1n) is 9.79. The molecule has 7 heteroatoms. The van der Waals surface area contributed by atoms with Gasteiger partial charge in [0, 0.05) is 18.1 Å². The molecule has 2 aromatic carbocycles. The Morgan fingerprint density at radius 1 is 1.23 bits per heavy atom. The van der Waals surface area contributed by atoms with Gasteiger partial charge in [0.2, 0.25) is 6.79 Å². The lowest BCUT2D eigenvalue weighted by atomic mass is 10.0. The summed E-state index contributed by atoms with van der Waals surface area (Å²) in [6.45, 7) is 4.69. The van der Waals surface area contributed by atoms with Crippen molar-refractivity contribution in [2.75, 3.05) is 18.7 Å². The highest BCUT2D eigenvalue weighted by Gasteiger charge is 2.19. The van der Waals surface area contributed by atoms with Gasteiger partial charge in [-0.15, -0.1) is 0 Å². The molecule has 1 aromatic heterocycles. The highest BCUT2D eigenvalue weighted by Crippen LogP contribution is 2.34. The molecule has 0 aliphatic carbocycles. The summed E-state index contributed by atoms with van der Waals surface area (Å²) in [5, 5.41) is 13.5. The summed E-state index contributed by atoms with van der Waals surface area (Å²) in [4.78, 5) is 17.1. The number of rotatable bonds is 6.